The Morgan fingerprint density at radius 1 is 1.30 bits per heavy atom. The van der Waals surface area contributed by atoms with E-state index < -0.39 is 0 Å². The zero-order chi connectivity index (χ0) is 16.0. The summed E-state index contributed by atoms with van der Waals surface area (Å²) in [7, 11) is 0. The molecule has 0 radical (unpaired) electrons. The number of para-hydroxylation sites is 1. The number of amidine groups is 1. The summed E-state index contributed by atoms with van der Waals surface area (Å²) >= 11 is 0. The molecule has 2 aliphatic rings. The molecule has 2 aromatic rings. The van der Waals surface area contributed by atoms with Crippen molar-refractivity contribution >= 4 is 23.4 Å². The van der Waals surface area contributed by atoms with E-state index in [0.29, 0.717) is 36.1 Å². The summed E-state index contributed by atoms with van der Waals surface area (Å²) in [6.45, 7) is 4.84. The van der Waals surface area contributed by atoms with Gasteiger partial charge in [0.1, 0.15) is 17.2 Å². The largest absolute Gasteiger partial charge is 0.361 e. The van der Waals surface area contributed by atoms with Crippen LogP contribution in [0.2, 0.25) is 0 Å². The maximum absolute atomic E-state index is 12.6. The first kappa shape index (κ1) is 13.7. The van der Waals surface area contributed by atoms with E-state index in [4.69, 9.17) is 4.52 Å². The number of hydrogen-bond donors (Lipinski definition) is 1. The molecule has 3 heterocycles. The molecule has 0 fully saturated rings. The Morgan fingerprint density at radius 2 is 2.13 bits per heavy atom. The summed E-state index contributed by atoms with van der Waals surface area (Å²) in [4.78, 5) is 23.6. The van der Waals surface area contributed by atoms with Crippen LogP contribution in [0, 0.1) is 13.8 Å². The maximum atomic E-state index is 12.6. The summed E-state index contributed by atoms with van der Waals surface area (Å²) in [6, 6.07) is 7.78. The lowest BCUT2D eigenvalue weighted by molar-refractivity contribution is 0.0972. The minimum absolute atomic E-state index is 0.273. The minimum atomic E-state index is -0.273. The van der Waals surface area contributed by atoms with Crippen LogP contribution in [-0.2, 0) is 0 Å². The Kier molecular flexibility index (Phi) is 3.00. The lowest BCUT2D eigenvalue weighted by Gasteiger charge is -2.27. The molecule has 116 valence electrons. The monoisotopic (exact) mass is 309 g/mol. The molecule has 0 bridgehead atoms. The molecular formula is C16H15N5O2. The van der Waals surface area contributed by atoms with Gasteiger partial charge in [-0.15, -0.1) is 0 Å². The van der Waals surface area contributed by atoms with Gasteiger partial charge in [0.15, 0.2) is 0 Å². The van der Waals surface area contributed by atoms with Crippen LogP contribution in [0.15, 0.2) is 38.8 Å². The minimum Gasteiger partial charge on any atom is -0.361 e. The van der Waals surface area contributed by atoms with Crippen LogP contribution < -0.4 is 5.32 Å². The average molecular weight is 309 g/mol. The van der Waals surface area contributed by atoms with E-state index in [1.807, 2.05) is 29.2 Å². The number of amides is 1. The molecule has 0 spiro atoms. The van der Waals surface area contributed by atoms with E-state index in [0.717, 1.165) is 17.1 Å². The number of rotatable bonds is 1. The first-order valence-electron chi connectivity index (χ1n) is 7.39. The molecule has 0 atom stereocenters. The van der Waals surface area contributed by atoms with Gasteiger partial charge in [0.25, 0.3) is 5.91 Å². The summed E-state index contributed by atoms with van der Waals surface area (Å²) in [5.74, 6) is 1.56. The Hall–Kier alpha value is -2.96. The zero-order valence-corrected chi connectivity index (χ0v) is 12.8. The number of carbonyl (C=O) groups excluding carboxylic acids is 1. The van der Waals surface area contributed by atoms with E-state index in [2.05, 4.69) is 20.5 Å². The zero-order valence-electron chi connectivity index (χ0n) is 12.8. The molecule has 0 unspecified atom stereocenters. The number of aliphatic imine (C=N–C) groups is 2. The Morgan fingerprint density at radius 3 is 2.91 bits per heavy atom. The number of nitrogens with zero attached hydrogens (tertiary/aromatic N) is 4. The van der Waals surface area contributed by atoms with Crippen molar-refractivity contribution in [3.8, 4) is 0 Å². The first-order chi connectivity index (χ1) is 11.1. The van der Waals surface area contributed by atoms with Gasteiger partial charge in [-0.2, -0.15) is 0 Å². The molecule has 0 saturated carbocycles. The molecule has 0 saturated heterocycles. The third kappa shape index (κ3) is 2.12. The van der Waals surface area contributed by atoms with Gasteiger partial charge in [-0.3, -0.25) is 20.0 Å². The molecule has 7 heteroatoms. The van der Waals surface area contributed by atoms with Crippen molar-refractivity contribution in [3.05, 3.63) is 46.8 Å². The first-order valence-corrected chi connectivity index (χ1v) is 7.39. The van der Waals surface area contributed by atoms with E-state index in [-0.39, 0.29) is 5.91 Å². The highest BCUT2D eigenvalue weighted by Crippen LogP contribution is 2.27. The SMILES string of the molecule is Cc1noc(C)c1C(=O)NC1=Nc2ccccc2C2=NCCN12. The van der Waals surface area contributed by atoms with Crippen LogP contribution >= 0.6 is 0 Å². The van der Waals surface area contributed by atoms with Crippen LogP contribution in [0.4, 0.5) is 5.69 Å². The van der Waals surface area contributed by atoms with Crippen LogP contribution in [0.1, 0.15) is 27.4 Å². The van der Waals surface area contributed by atoms with Gasteiger partial charge >= 0.3 is 0 Å². The number of fused-ring (bicyclic) bond motifs is 3. The fraction of sp³-hybridized carbons (Fsp3) is 0.250. The van der Waals surface area contributed by atoms with E-state index in [9.17, 15) is 4.79 Å². The summed E-state index contributed by atoms with van der Waals surface area (Å²) in [6.07, 6.45) is 0. The van der Waals surface area contributed by atoms with Crippen LogP contribution in [0.3, 0.4) is 0 Å². The fourth-order valence-corrected chi connectivity index (χ4v) is 2.89. The second-order valence-corrected chi connectivity index (χ2v) is 5.46. The summed E-state index contributed by atoms with van der Waals surface area (Å²) < 4.78 is 5.06. The van der Waals surface area contributed by atoms with Crippen molar-refractivity contribution in [1.82, 2.24) is 15.4 Å². The highest BCUT2D eigenvalue weighted by molar-refractivity contribution is 6.19. The lowest BCUT2D eigenvalue weighted by atomic mass is 10.1. The van der Waals surface area contributed by atoms with E-state index in [1.165, 1.54) is 0 Å². The molecule has 7 nitrogen and oxygen atoms in total. The Labute approximate surface area is 132 Å². The summed E-state index contributed by atoms with van der Waals surface area (Å²) in [5.41, 5.74) is 2.80. The van der Waals surface area contributed by atoms with Crippen LogP contribution in [0.5, 0.6) is 0 Å². The molecule has 1 aromatic heterocycles. The third-order valence-electron chi connectivity index (χ3n) is 3.95. The lowest BCUT2D eigenvalue weighted by Crippen LogP contribution is -2.47. The van der Waals surface area contributed by atoms with Gasteiger partial charge in [-0.05, 0) is 26.0 Å². The Balaban J connectivity index is 1.71. The van der Waals surface area contributed by atoms with Crippen molar-refractivity contribution in [1.29, 1.82) is 0 Å². The van der Waals surface area contributed by atoms with Gasteiger partial charge in [0, 0.05) is 12.1 Å². The average Bonchev–Trinajstić information content (AvgIpc) is 3.15. The van der Waals surface area contributed by atoms with Gasteiger partial charge < -0.3 is 4.52 Å². The number of guanidine groups is 1. The molecule has 23 heavy (non-hydrogen) atoms. The van der Waals surface area contributed by atoms with Gasteiger partial charge in [0.2, 0.25) is 5.96 Å². The second kappa shape index (κ2) is 5.05. The van der Waals surface area contributed by atoms with Crippen LogP contribution in [0.25, 0.3) is 0 Å². The van der Waals surface area contributed by atoms with Crippen molar-refractivity contribution in [2.75, 3.05) is 13.1 Å². The van der Waals surface area contributed by atoms with Crippen molar-refractivity contribution in [2.24, 2.45) is 9.98 Å². The molecule has 4 rings (SSSR count). The molecular weight excluding hydrogens is 294 g/mol. The number of hydrogen-bond acceptors (Lipinski definition) is 6. The van der Waals surface area contributed by atoms with Crippen LogP contribution in [-0.4, -0.2) is 40.8 Å². The highest BCUT2D eigenvalue weighted by atomic mass is 16.5. The second-order valence-electron chi connectivity index (χ2n) is 5.46. The topological polar surface area (TPSA) is 83.1 Å². The fourth-order valence-electron chi connectivity index (χ4n) is 2.89. The number of carbonyl (C=O) groups is 1. The molecule has 2 aliphatic heterocycles. The van der Waals surface area contributed by atoms with Crippen molar-refractivity contribution < 1.29 is 9.32 Å². The number of aryl methyl sites for hydroxylation is 2. The van der Waals surface area contributed by atoms with Crippen molar-refractivity contribution in [2.45, 2.75) is 13.8 Å². The number of aromatic nitrogens is 1. The highest BCUT2D eigenvalue weighted by Gasteiger charge is 2.31. The standard InChI is InChI=1S/C16H15N5O2/c1-9-13(10(2)23-20-9)15(22)19-16-18-12-6-4-3-5-11(12)14-17-7-8-21(14)16/h3-6H,7-8H2,1-2H3,(H,18,19,22). The number of benzene rings is 1. The quantitative estimate of drug-likeness (QED) is 0.870. The predicted molar refractivity (Wildman–Crippen MR) is 85.1 cm³/mol. The molecule has 1 N–H and O–H groups in total. The van der Waals surface area contributed by atoms with E-state index >= 15 is 0 Å². The van der Waals surface area contributed by atoms with E-state index in [1.54, 1.807) is 13.8 Å². The van der Waals surface area contributed by atoms with Crippen molar-refractivity contribution in [3.63, 3.8) is 0 Å². The Bertz CT molecular complexity index is 846. The predicted octanol–water partition coefficient (Wildman–Crippen LogP) is 1.78. The third-order valence-corrected chi connectivity index (χ3v) is 3.95. The van der Waals surface area contributed by atoms with Gasteiger partial charge in [-0.1, -0.05) is 17.3 Å². The maximum Gasteiger partial charge on any atom is 0.263 e. The van der Waals surface area contributed by atoms with Gasteiger partial charge in [0.05, 0.1) is 17.9 Å². The summed E-state index contributed by atoms with van der Waals surface area (Å²) in [5, 5.41) is 6.69. The molecule has 1 amide bonds. The smallest absolute Gasteiger partial charge is 0.263 e. The normalized spacial score (nSPS) is 15.7. The number of nitrogens with one attached hydrogen (secondary N) is 1. The van der Waals surface area contributed by atoms with Gasteiger partial charge in [-0.25, -0.2) is 4.99 Å². The molecule has 0 aliphatic carbocycles. The molecule has 1 aromatic carbocycles.